The molecule has 0 unspecified atom stereocenters. The van der Waals surface area contributed by atoms with Gasteiger partial charge in [-0.15, -0.1) is 11.3 Å². The molecule has 2 aromatic heterocycles. The van der Waals surface area contributed by atoms with E-state index in [0.717, 1.165) is 40.6 Å². The molecule has 2 aromatic carbocycles. The largest absolute Gasteiger partial charge is 0.366 e. The molecule has 0 radical (unpaired) electrons. The Bertz CT molecular complexity index is 1170. The third-order valence-electron chi connectivity index (χ3n) is 6.25. The molecule has 6 rings (SSSR count). The number of thiazole rings is 1. The number of anilines is 2. The molecule has 2 aliphatic rings. The van der Waals surface area contributed by atoms with E-state index in [-0.39, 0.29) is 5.82 Å². The Morgan fingerprint density at radius 1 is 1.03 bits per heavy atom. The zero-order valence-corrected chi connectivity index (χ0v) is 17.2. The molecule has 2 fully saturated rings. The summed E-state index contributed by atoms with van der Waals surface area (Å²) >= 11 is 1.67. The van der Waals surface area contributed by atoms with E-state index in [9.17, 15) is 4.39 Å². The van der Waals surface area contributed by atoms with Crippen LogP contribution in [-0.2, 0) is 0 Å². The standard InChI is InChI=1S/C23H22FN5S/c24-17-3-5-18(6-4-17)29-21-8-7-19(13-16(21)14-26-29)28-11-9-20(22(28)15-1-2-15)27-23-25-10-12-30-23/h3-8,10,12-15,20,22H,1-2,9,11H2,(H,25,27)/t20-,22+/m1/s1. The predicted molar refractivity (Wildman–Crippen MR) is 119 cm³/mol. The Labute approximate surface area is 178 Å². The van der Waals surface area contributed by atoms with Gasteiger partial charge in [0.05, 0.1) is 29.5 Å². The number of nitrogens with zero attached hydrogens (tertiary/aromatic N) is 4. The molecule has 0 amide bonds. The zero-order chi connectivity index (χ0) is 20.1. The number of hydrogen-bond acceptors (Lipinski definition) is 5. The second-order valence-corrected chi connectivity index (χ2v) is 9.07. The highest BCUT2D eigenvalue weighted by atomic mass is 32.1. The fraction of sp³-hybridized carbons (Fsp3) is 0.304. The lowest BCUT2D eigenvalue weighted by atomic mass is 10.0. The van der Waals surface area contributed by atoms with Crippen LogP contribution in [0.1, 0.15) is 19.3 Å². The normalized spacial score (nSPS) is 21.4. The highest BCUT2D eigenvalue weighted by molar-refractivity contribution is 7.13. The van der Waals surface area contributed by atoms with Crippen molar-refractivity contribution in [2.45, 2.75) is 31.3 Å². The van der Waals surface area contributed by atoms with Crippen molar-refractivity contribution in [1.82, 2.24) is 14.8 Å². The summed E-state index contributed by atoms with van der Waals surface area (Å²) in [6.07, 6.45) is 7.49. The van der Waals surface area contributed by atoms with E-state index in [4.69, 9.17) is 0 Å². The topological polar surface area (TPSA) is 46.0 Å². The Hall–Kier alpha value is -2.93. The SMILES string of the molecule is Fc1ccc(-n2ncc3cc(N4CC[C@@H](Nc5nccs5)[C@@H]4C4CC4)ccc32)cc1. The minimum absolute atomic E-state index is 0.237. The molecule has 5 nitrogen and oxygen atoms in total. The van der Waals surface area contributed by atoms with Gasteiger partial charge in [-0.1, -0.05) is 0 Å². The number of benzene rings is 2. The monoisotopic (exact) mass is 419 g/mol. The molecule has 1 saturated heterocycles. The number of fused-ring (bicyclic) bond motifs is 1. The van der Waals surface area contributed by atoms with Crippen LogP contribution in [-0.4, -0.2) is 33.4 Å². The summed E-state index contributed by atoms with van der Waals surface area (Å²) in [4.78, 5) is 6.99. The molecular weight excluding hydrogens is 397 g/mol. The van der Waals surface area contributed by atoms with Crippen molar-refractivity contribution in [1.29, 1.82) is 0 Å². The van der Waals surface area contributed by atoms with E-state index in [0.29, 0.717) is 12.1 Å². The van der Waals surface area contributed by atoms with E-state index in [2.05, 4.69) is 38.5 Å². The molecule has 7 heteroatoms. The van der Waals surface area contributed by atoms with Crippen LogP contribution in [0.2, 0.25) is 0 Å². The van der Waals surface area contributed by atoms with Gasteiger partial charge in [-0.2, -0.15) is 5.10 Å². The first kappa shape index (κ1) is 17.9. The van der Waals surface area contributed by atoms with Crippen LogP contribution >= 0.6 is 11.3 Å². The predicted octanol–water partition coefficient (Wildman–Crippen LogP) is 5.09. The van der Waals surface area contributed by atoms with Gasteiger partial charge in [0.25, 0.3) is 0 Å². The molecule has 4 aromatic rings. The highest BCUT2D eigenvalue weighted by Crippen LogP contribution is 2.43. The van der Waals surface area contributed by atoms with Crippen molar-refractivity contribution in [2.75, 3.05) is 16.8 Å². The summed E-state index contributed by atoms with van der Waals surface area (Å²) in [6.45, 7) is 1.04. The van der Waals surface area contributed by atoms with Gasteiger partial charge >= 0.3 is 0 Å². The molecule has 0 bridgehead atoms. The van der Waals surface area contributed by atoms with Gasteiger partial charge in [-0.25, -0.2) is 14.1 Å². The van der Waals surface area contributed by atoms with Gasteiger partial charge in [-0.3, -0.25) is 0 Å². The highest BCUT2D eigenvalue weighted by Gasteiger charge is 2.44. The molecule has 3 heterocycles. The second-order valence-electron chi connectivity index (χ2n) is 8.17. The van der Waals surface area contributed by atoms with Crippen LogP contribution in [0.15, 0.2) is 60.2 Å². The third kappa shape index (κ3) is 3.13. The summed E-state index contributed by atoms with van der Waals surface area (Å²) in [5, 5.41) is 12.4. The van der Waals surface area contributed by atoms with Crippen molar-refractivity contribution in [3.8, 4) is 5.69 Å². The van der Waals surface area contributed by atoms with Crippen LogP contribution in [0.5, 0.6) is 0 Å². The van der Waals surface area contributed by atoms with Crippen LogP contribution in [0, 0.1) is 11.7 Å². The number of rotatable bonds is 5. The van der Waals surface area contributed by atoms with E-state index in [1.54, 1.807) is 23.5 Å². The van der Waals surface area contributed by atoms with Gasteiger partial charge in [0.2, 0.25) is 0 Å². The third-order valence-corrected chi connectivity index (χ3v) is 6.96. The van der Waals surface area contributed by atoms with Gasteiger partial charge < -0.3 is 10.2 Å². The fourth-order valence-corrected chi connectivity index (χ4v) is 5.33. The minimum Gasteiger partial charge on any atom is -0.366 e. The first-order valence-corrected chi connectivity index (χ1v) is 11.3. The Kier molecular flexibility index (Phi) is 4.23. The maximum absolute atomic E-state index is 13.3. The van der Waals surface area contributed by atoms with Crippen molar-refractivity contribution >= 4 is 33.1 Å². The van der Waals surface area contributed by atoms with Crippen LogP contribution in [0.4, 0.5) is 15.2 Å². The van der Waals surface area contributed by atoms with Crippen molar-refractivity contribution in [3.63, 3.8) is 0 Å². The zero-order valence-electron chi connectivity index (χ0n) is 16.4. The number of hydrogen-bond donors (Lipinski definition) is 1. The molecular formula is C23H22FN5S. The molecule has 1 aliphatic carbocycles. The Morgan fingerprint density at radius 2 is 1.87 bits per heavy atom. The summed E-state index contributed by atoms with van der Waals surface area (Å²) in [5.41, 5.74) is 3.15. The second kappa shape index (κ2) is 7.09. The van der Waals surface area contributed by atoms with E-state index < -0.39 is 0 Å². The first-order valence-electron chi connectivity index (χ1n) is 10.4. The van der Waals surface area contributed by atoms with Crippen LogP contribution < -0.4 is 10.2 Å². The fourth-order valence-electron chi connectivity index (χ4n) is 4.74. The molecule has 1 N–H and O–H groups in total. The lowest BCUT2D eigenvalue weighted by molar-refractivity contribution is 0.548. The van der Waals surface area contributed by atoms with Crippen LogP contribution in [0.25, 0.3) is 16.6 Å². The van der Waals surface area contributed by atoms with E-state index in [1.165, 1.54) is 30.7 Å². The van der Waals surface area contributed by atoms with Crippen molar-refractivity contribution < 1.29 is 4.39 Å². The average molecular weight is 420 g/mol. The van der Waals surface area contributed by atoms with E-state index in [1.807, 2.05) is 22.5 Å². The number of aromatic nitrogens is 3. The van der Waals surface area contributed by atoms with Crippen molar-refractivity contribution in [3.05, 3.63) is 66.1 Å². The summed E-state index contributed by atoms with van der Waals surface area (Å²) < 4.78 is 15.2. The molecule has 152 valence electrons. The lowest BCUT2D eigenvalue weighted by Gasteiger charge is -2.30. The lowest BCUT2D eigenvalue weighted by Crippen LogP contribution is -2.40. The number of halogens is 1. The quantitative estimate of drug-likeness (QED) is 0.489. The molecule has 1 aliphatic heterocycles. The summed E-state index contributed by atoms with van der Waals surface area (Å²) in [6, 6.07) is 14.0. The maximum Gasteiger partial charge on any atom is 0.182 e. The molecule has 2 atom stereocenters. The molecule has 0 spiro atoms. The van der Waals surface area contributed by atoms with Gasteiger partial charge in [0.15, 0.2) is 5.13 Å². The maximum atomic E-state index is 13.3. The summed E-state index contributed by atoms with van der Waals surface area (Å²) in [5.74, 6) is 0.515. The van der Waals surface area contributed by atoms with Gasteiger partial charge in [-0.05, 0) is 67.6 Å². The molecule has 1 saturated carbocycles. The van der Waals surface area contributed by atoms with Gasteiger partial charge in [0.1, 0.15) is 5.82 Å². The van der Waals surface area contributed by atoms with Crippen LogP contribution in [0.3, 0.4) is 0 Å². The first-order chi connectivity index (χ1) is 14.8. The minimum atomic E-state index is -0.237. The Morgan fingerprint density at radius 3 is 2.63 bits per heavy atom. The van der Waals surface area contributed by atoms with E-state index >= 15 is 0 Å². The molecule has 30 heavy (non-hydrogen) atoms. The Balaban J connectivity index is 1.30. The van der Waals surface area contributed by atoms with Crippen molar-refractivity contribution in [2.24, 2.45) is 5.92 Å². The smallest absolute Gasteiger partial charge is 0.182 e. The summed E-state index contributed by atoms with van der Waals surface area (Å²) in [7, 11) is 0. The average Bonchev–Trinajstić information content (AvgIpc) is 3.16. The number of nitrogens with one attached hydrogen (secondary N) is 1. The van der Waals surface area contributed by atoms with Gasteiger partial charge in [0, 0.05) is 29.2 Å².